The first kappa shape index (κ1) is 14.1. The smallest absolute Gasteiger partial charge is 0.118 e. The monoisotopic (exact) mass is 286 g/mol. The summed E-state index contributed by atoms with van der Waals surface area (Å²) in [7, 11) is 1.64. The molecule has 1 N–H and O–H groups in total. The maximum absolute atomic E-state index is 10.6. The van der Waals surface area contributed by atoms with Crippen LogP contribution in [0.4, 0.5) is 0 Å². The van der Waals surface area contributed by atoms with Gasteiger partial charge in [0.15, 0.2) is 0 Å². The Kier molecular flexibility index (Phi) is 3.97. The summed E-state index contributed by atoms with van der Waals surface area (Å²) in [6, 6.07) is 7.59. The topological polar surface area (TPSA) is 47.3 Å². The lowest BCUT2D eigenvalue weighted by atomic mass is 9.99. The molecule has 2 aromatic rings. The van der Waals surface area contributed by atoms with Crippen molar-refractivity contribution in [3.05, 3.63) is 47.5 Å². The molecule has 1 heterocycles. The number of aliphatic hydroxyl groups is 1. The molecule has 3 rings (SSSR count). The van der Waals surface area contributed by atoms with Crippen molar-refractivity contribution in [1.82, 2.24) is 9.55 Å². The number of imidazole rings is 1. The third-order valence-corrected chi connectivity index (χ3v) is 4.41. The van der Waals surface area contributed by atoms with E-state index >= 15 is 0 Å². The fraction of sp³-hybridized carbons (Fsp3) is 0.471. The summed E-state index contributed by atoms with van der Waals surface area (Å²) in [5.41, 5.74) is 3.40. The van der Waals surface area contributed by atoms with Crippen LogP contribution in [-0.4, -0.2) is 21.8 Å². The number of rotatable bonds is 4. The van der Waals surface area contributed by atoms with Crippen molar-refractivity contribution < 1.29 is 9.84 Å². The molecule has 1 aromatic heterocycles. The summed E-state index contributed by atoms with van der Waals surface area (Å²) < 4.78 is 7.30. The molecule has 4 nitrogen and oxygen atoms in total. The standard InChI is InChI=1S/C17H22N2O2/c1-12(17(20)13-7-9-14(21-2)10-8-13)19-11-18-15-5-3-4-6-16(15)19/h7-12,17,20H,3-6H2,1-2H3. The van der Waals surface area contributed by atoms with Crippen LogP contribution in [0, 0.1) is 0 Å². The molecule has 1 aliphatic rings. The van der Waals surface area contributed by atoms with E-state index in [-0.39, 0.29) is 6.04 Å². The maximum atomic E-state index is 10.6. The van der Waals surface area contributed by atoms with Crippen molar-refractivity contribution in [2.45, 2.75) is 44.8 Å². The first-order chi connectivity index (χ1) is 10.2. The van der Waals surface area contributed by atoms with Crippen LogP contribution in [0.1, 0.15) is 48.9 Å². The Balaban J connectivity index is 1.83. The zero-order chi connectivity index (χ0) is 14.8. The SMILES string of the molecule is COc1ccc(C(O)C(C)n2cnc3c2CCCC3)cc1. The molecular formula is C17H22N2O2. The van der Waals surface area contributed by atoms with Gasteiger partial charge in [-0.3, -0.25) is 0 Å². The van der Waals surface area contributed by atoms with E-state index in [1.54, 1.807) is 7.11 Å². The van der Waals surface area contributed by atoms with Gasteiger partial charge in [0.25, 0.3) is 0 Å². The van der Waals surface area contributed by atoms with Crippen LogP contribution in [0.5, 0.6) is 5.75 Å². The fourth-order valence-corrected chi connectivity index (χ4v) is 3.07. The van der Waals surface area contributed by atoms with Gasteiger partial charge in [0.1, 0.15) is 5.75 Å². The van der Waals surface area contributed by atoms with Crippen molar-refractivity contribution in [3.8, 4) is 5.75 Å². The Hall–Kier alpha value is -1.81. The van der Waals surface area contributed by atoms with E-state index in [9.17, 15) is 5.11 Å². The van der Waals surface area contributed by atoms with Gasteiger partial charge in [-0.2, -0.15) is 0 Å². The quantitative estimate of drug-likeness (QED) is 0.939. The second kappa shape index (κ2) is 5.90. The van der Waals surface area contributed by atoms with E-state index in [2.05, 4.69) is 9.55 Å². The van der Waals surface area contributed by atoms with Crippen LogP contribution >= 0.6 is 0 Å². The largest absolute Gasteiger partial charge is 0.497 e. The Bertz CT molecular complexity index is 604. The van der Waals surface area contributed by atoms with Crippen LogP contribution in [0.25, 0.3) is 0 Å². The lowest BCUT2D eigenvalue weighted by Crippen LogP contribution is -2.18. The van der Waals surface area contributed by atoms with Crippen molar-refractivity contribution in [3.63, 3.8) is 0 Å². The molecule has 0 aliphatic heterocycles. The summed E-state index contributed by atoms with van der Waals surface area (Å²) in [6.07, 6.45) is 5.90. The van der Waals surface area contributed by atoms with Gasteiger partial charge in [-0.1, -0.05) is 12.1 Å². The zero-order valence-corrected chi connectivity index (χ0v) is 12.6. The average molecular weight is 286 g/mol. The van der Waals surface area contributed by atoms with Crippen molar-refractivity contribution in [1.29, 1.82) is 0 Å². The van der Waals surface area contributed by atoms with Gasteiger partial charge >= 0.3 is 0 Å². The van der Waals surface area contributed by atoms with Crippen molar-refractivity contribution in [2.24, 2.45) is 0 Å². The number of aryl methyl sites for hydroxylation is 1. The maximum Gasteiger partial charge on any atom is 0.118 e. The van der Waals surface area contributed by atoms with Crippen LogP contribution in [0.15, 0.2) is 30.6 Å². The minimum atomic E-state index is -0.545. The highest BCUT2D eigenvalue weighted by atomic mass is 16.5. The van der Waals surface area contributed by atoms with E-state index in [1.807, 2.05) is 37.5 Å². The zero-order valence-electron chi connectivity index (χ0n) is 12.6. The van der Waals surface area contributed by atoms with Crippen molar-refractivity contribution in [2.75, 3.05) is 7.11 Å². The molecule has 1 aromatic carbocycles. The molecule has 112 valence electrons. The molecule has 2 unspecified atom stereocenters. The van der Waals surface area contributed by atoms with Crippen molar-refractivity contribution >= 4 is 0 Å². The second-order valence-corrected chi connectivity index (χ2v) is 5.71. The third-order valence-electron chi connectivity index (χ3n) is 4.41. The summed E-state index contributed by atoms with van der Waals surface area (Å²) in [5, 5.41) is 10.6. The molecule has 0 bridgehead atoms. The first-order valence-electron chi connectivity index (χ1n) is 7.57. The predicted molar refractivity (Wildman–Crippen MR) is 81.5 cm³/mol. The van der Waals surface area contributed by atoms with E-state index in [1.165, 1.54) is 24.2 Å². The number of aliphatic hydroxyl groups excluding tert-OH is 1. The number of benzene rings is 1. The third kappa shape index (κ3) is 2.68. The number of fused-ring (bicyclic) bond motifs is 1. The van der Waals surface area contributed by atoms with Crippen LogP contribution in [0.2, 0.25) is 0 Å². The van der Waals surface area contributed by atoms with E-state index in [0.717, 1.165) is 24.2 Å². The molecule has 4 heteroatoms. The number of aromatic nitrogens is 2. The molecule has 1 aliphatic carbocycles. The Labute approximate surface area is 125 Å². The van der Waals surface area contributed by atoms with Gasteiger partial charge < -0.3 is 14.4 Å². The van der Waals surface area contributed by atoms with Gasteiger partial charge in [-0.15, -0.1) is 0 Å². The summed E-state index contributed by atoms with van der Waals surface area (Å²) >= 11 is 0. The highest BCUT2D eigenvalue weighted by Gasteiger charge is 2.23. The molecule has 0 spiro atoms. The Morgan fingerprint density at radius 2 is 1.90 bits per heavy atom. The summed E-state index contributed by atoms with van der Waals surface area (Å²) in [5.74, 6) is 0.804. The lowest BCUT2D eigenvalue weighted by molar-refractivity contribution is 0.120. The number of ether oxygens (including phenoxy) is 1. The normalized spacial score (nSPS) is 17.1. The molecule has 2 atom stereocenters. The van der Waals surface area contributed by atoms with E-state index in [0.29, 0.717) is 0 Å². The molecule has 0 radical (unpaired) electrons. The highest BCUT2D eigenvalue weighted by Crippen LogP contribution is 2.31. The molecule has 0 amide bonds. The first-order valence-corrected chi connectivity index (χ1v) is 7.57. The number of methoxy groups -OCH3 is 1. The molecule has 0 saturated carbocycles. The molecular weight excluding hydrogens is 264 g/mol. The molecule has 21 heavy (non-hydrogen) atoms. The number of hydrogen-bond donors (Lipinski definition) is 1. The fourth-order valence-electron chi connectivity index (χ4n) is 3.07. The lowest BCUT2D eigenvalue weighted by Gasteiger charge is -2.24. The second-order valence-electron chi connectivity index (χ2n) is 5.71. The Morgan fingerprint density at radius 3 is 2.62 bits per heavy atom. The van der Waals surface area contributed by atoms with Gasteiger partial charge in [0, 0.05) is 5.69 Å². The van der Waals surface area contributed by atoms with Crippen LogP contribution in [0.3, 0.4) is 0 Å². The van der Waals surface area contributed by atoms with Gasteiger partial charge in [0.05, 0.1) is 31.3 Å². The molecule has 0 fully saturated rings. The molecule has 0 saturated heterocycles. The van der Waals surface area contributed by atoms with Crippen LogP contribution in [-0.2, 0) is 12.8 Å². The Morgan fingerprint density at radius 1 is 1.19 bits per heavy atom. The number of hydrogen-bond acceptors (Lipinski definition) is 3. The minimum absolute atomic E-state index is 0.0206. The highest BCUT2D eigenvalue weighted by molar-refractivity contribution is 5.29. The summed E-state index contributed by atoms with van der Waals surface area (Å²) in [6.45, 7) is 2.05. The van der Waals surface area contributed by atoms with E-state index < -0.39 is 6.10 Å². The predicted octanol–water partition coefficient (Wildman–Crippen LogP) is 3.07. The minimum Gasteiger partial charge on any atom is -0.497 e. The van der Waals surface area contributed by atoms with Crippen LogP contribution < -0.4 is 4.74 Å². The van der Waals surface area contributed by atoms with Gasteiger partial charge in [-0.05, 0) is 50.3 Å². The number of nitrogens with zero attached hydrogens (tertiary/aromatic N) is 2. The van der Waals surface area contributed by atoms with Gasteiger partial charge in [-0.25, -0.2) is 4.98 Å². The summed E-state index contributed by atoms with van der Waals surface area (Å²) in [4.78, 5) is 4.51. The van der Waals surface area contributed by atoms with Gasteiger partial charge in [0.2, 0.25) is 0 Å². The van der Waals surface area contributed by atoms with E-state index in [4.69, 9.17) is 4.74 Å². The average Bonchev–Trinajstić information content (AvgIpc) is 2.97.